The second kappa shape index (κ2) is 8.95. The number of nitrogens with zero attached hydrogens (tertiary/aromatic N) is 2. The maximum Gasteiger partial charge on any atom is 0.416 e. The monoisotopic (exact) mass is 470 g/mol. The molecule has 0 radical (unpaired) electrons. The Bertz CT molecular complexity index is 1130. The minimum absolute atomic E-state index is 0.0314. The molecule has 3 heterocycles. The van der Waals surface area contributed by atoms with Crippen molar-refractivity contribution in [3.63, 3.8) is 0 Å². The zero-order valence-corrected chi connectivity index (χ0v) is 17.4. The molecule has 1 fully saturated rings. The Hall–Kier alpha value is -2.85. The number of aromatic nitrogens is 2. The van der Waals surface area contributed by atoms with Gasteiger partial charge < -0.3 is 19.8 Å². The quantitative estimate of drug-likeness (QED) is 0.550. The Balaban J connectivity index is 1.29. The fraction of sp³-hybridized carbons (Fsp3) is 0.333. The smallest absolute Gasteiger partial charge is 0.416 e. The Morgan fingerprint density at radius 3 is 2.78 bits per heavy atom. The van der Waals surface area contributed by atoms with Crippen molar-refractivity contribution in [1.82, 2.24) is 20.0 Å². The van der Waals surface area contributed by atoms with Gasteiger partial charge in [0, 0.05) is 31.0 Å². The number of rotatable bonds is 5. The number of nitrogens with one attached hydrogen (secondary N) is 2. The van der Waals surface area contributed by atoms with Crippen molar-refractivity contribution >= 4 is 23.2 Å². The first-order valence-corrected chi connectivity index (χ1v) is 10.2. The van der Waals surface area contributed by atoms with E-state index in [2.05, 4.69) is 15.6 Å². The summed E-state index contributed by atoms with van der Waals surface area (Å²) in [6.07, 6.45) is -0.0864. The van der Waals surface area contributed by atoms with E-state index in [1.54, 1.807) is 10.6 Å². The lowest BCUT2D eigenvalue weighted by atomic mass is 9.99. The molecule has 2 atom stereocenters. The summed E-state index contributed by atoms with van der Waals surface area (Å²) in [5.74, 6) is -0.781. The van der Waals surface area contributed by atoms with Crippen LogP contribution in [0.5, 0.6) is 5.75 Å². The van der Waals surface area contributed by atoms with Crippen LogP contribution in [0.25, 0.3) is 5.65 Å². The number of carbonyl (C=O) groups is 1. The second-order valence-electron chi connectivity index (χ2n) is 7.51. The van der Waals surface area contributed by atoms with E-state index in [0.717, 1.165) is 18.2 Å². The predicted octanol–water partition coefficient (Wildman–Crippen LogP) is 4.13. The second-order valence-corrected chi connectivity index (χ2v) is 7.92. The van der Waals surface area contributed by atoms with Crippen LogP contribution < -0.4 is 15.4 Å². The third-order valence-electron chi connectivity index (χ3n) is 5.20. The average Bonchev–Trinajstić information content (AvgIpc) is 3.18. The summed E-state index contributed by atoms with van der Waals surface area (Å²) in [7, 11) is 0. The molecule has 0 unspecified atom stereocenters. The molecule has 1 aromatic carbocycles. The van der Waals surface area contributed by atoms with Crippen molar-refractivity contribution in [3.05, 3.63) is 64.8 Å². The Kier molecular flexibility index (Phi) is 6.25. The number of hydrogen-bond donors (Lipinski definition) is 2. The minimum atomic E-state index is -4.42. The first-order chi connectivity index (χ1) is 15.2. The van der Waals surface area contributed by atoms with Gasteiger partial charge in [-0.25, -0.2) is 9.37 Å². The third kappa shape index (κ3) is 5.13. The van der Waals surface area contributed by atoms with Crippen molar-refractivity contribution in [3.8, 4) is 5.75 Å². The standard InChI is InChI=1S/C21H19ClF4N4O2/c22-15-3-2-14(8-16(15)23)32-11-20(31)28-13-1-4-17(27-9-13)18-10-30-6-5-12(21(24,25)26)7-19(30)29-18/h2-3,5-8,10,13,17,27H,1,4,9,11H2,(H,28,31)/t13-,17+/m0/s1. The van der Waals surface area contributed by atoms with Crippen LogP contribution in [0.3, 0.4) is 0 Å². The molecule has 0 spiro atoms. The van der Waals surface area contributed by atoms with Crippen molar-refractivity contribution in [2.24, 2.45) is 0 Å². The fourth-order valence-corrected chi connectivity index (χ4v) is 3.68. The highest BCUT2D eigenvalue weighted by Crippen LogP contribution is 2.30. The number of amides is 1. The van der Waals surface area contributed by atoms with Gasteiger partial charge in [-0.3, -0.25) is 4.79 Å². The zero-order chi connectivity index (χ0) is 22.9. The van der Waals surface area contributed by atoms with Crippen molar-refractivity contribution < 1.29 is 27.1 Å². The number of carbonyl (C=O) groups excluding carboxylic acids is 1. The molecule has 0 aliphatic carbocycles. The van der Waals surface area contributed by atoms with Crippen LogP contribution >= 0.6 is 11.6 Å². The molecule has 1 amide bonds. The lowest BCUT2D eigenvalue weighted by Crippen LogP contribution is -2.48. The molecular weight excluding hydrogens is 452 g/mol. The largest absolute Gasteiger partial charge is 0.484 e. The molecule has 4 rings (SSSR count). The summed E-state index contributed by atoms with van der Waals surface area (Å²) in [6, 6.07) is 5.68. The molecule has 0 bridgehead atoms. The predicted molar refractivity (Wildman–Crippen MR) is 109 cm³/mol. The highest BCUT2D eigenvalue weighted by atomic mass is 35.5. The van der Waals surface area contributed by atoms with E-state index in [1.807, 2.05) is 0 Å². The average molecular weight is 471 g/mol. The first kappa shape index (κ1) is 22.3. The molecule has 1 aliphatic rings. The van der Waals surface area contributed by atoms with Crippen LogP contribution in [0.4, 0.5) is 17.6 Å². The molecule has 3 aromatic rings. The van der Waals surface area contributed by atoms with E-state index < -0.39 is 17.6 Å². The van der Waals surface area contributed by atoms with Gasteiger partial charge in [-0.15, -0.1) is 0 Å². The molecule has 1 aliphatic heterocycles. The summed E-state index contributed by atoms with van der Waals surface area (Å²) in [5, 5.41) is 6.08. The summed E-state index contributed by atoms with van der Waals surface area (Å²) < 4.78 is 58.9. The molecular formula is C21H19ClF4N4O2. The third-order valence-corrected chi connectivity index (χ3v) is 5.51. The molecule has 32 heavy (non-hydrogen) atoms. The number of halogens is 5. The van der Waals surface area contributed by atoms with Crippen LogP contribution in [0.2, 0.25) is 5.02 Å². The first-order valence-electron chi connectivity index (χ1n) is 9.85. The number of piperidine rings is 1. The highest BCUT2D eigenvalue weighted by Gasteiger charge is 2.31. The highest BCUT2D eigenvalue weighted by molar-refractivity contribution is 6.30. The van der Waals surface area contributed by atoms with E-state index in [4.69, 9.17) is 16.3 Å². The Morgan fingerprint density at radius 2 is 2.09 bits per heavy atom. The van der Waals surface area contributed by atoms with Crippen molar-refractivity contribution in [2.75, 3.05) is 13.2 Å². The lowest BCUT2D eigenvalue weighted by molar-refractivity contribution is -0.137. The van der Waals surface area contributed by atoms with E-state index in [-0.39, 0.29) is 41.0 Å². The van der Waals surface area contributed by atoms with E-state index in [0.29, 0.717) is 25.1 Å². The van der Waals surface area contributed by atoms with Crippen molar-refractivity contribution in [1.29, 1.82) is 0 Å². The number of ether oxygens (including phenoxy) is 1. The van der Waals surface area contributed by atoms with Gasteiger partial charge in [0.15, 0.2) is 6.61 Å². The summed E-state index contributed by atoms with van der Waals surface area (Å²) in [5.41, 5.74) is 0.120. The van der Waals surface area contributed by atoms with Gasteiger partial charge >= 0.3 is 6.18 Å². The zero-order valence-electron chi connectivity index (χ0n) is 16.6. The molecule has 170 valence electrons. The Labute approximate surface area is 185 Å². The SMILES string of the molecule is O=C(COc1ccc(Cl)c(F)c1)N[C@H]1CC[C@H](c2cn3ccc(C(F)(F)F)cc3n2)NC1. The van der Waals surface area contributed by atoms with Gasteiger partial charge in [-0.05, 0) is 37.1 Å². The van der Waals surface area contributed by atoms with Crippen LogP contribution in [0.1, 0.15) is 30.1 Å². The van der Waals surface area contributed by atoms with Gasteiger partial charge in [0.1, 0.15) is 17.2 Å². The number of hydrogen-bond acceptors (Lipinski definition) is 4. The van der Waals surface area contributed by atoms with Gasteiger partial charge in [0.2, 0.25) is 0 Å². The molecule has 11 heteroatoms. The summed E-state index contributed by atoms with van der Waals surface area (Å²) in [4.78, 5) is 16.5. The van der Waals surface area contributed by atoms with E-state index in [9.17, 15) is 22.4 Å². The number of benzene rings is 1. The van der Waals surface area contributed by atoms with Crippen LogP contribution in [-0.4, -0.2) is 34.5 Å². The lowest BCUT2D eigenvalue weighted by Gasteiger charge is -2.29. The van der Waals surface area contributed by atoms with Gasteiger partial charge in [-0.1, -0.05) is 11.6 Å². The number of alkyl halides is 3. The molecule has 1 saturated heterocycles. The van der Waals surface area contributed by atoms with Crippen LogP contribution in [0.15, 0.2) is 42.7 Å². The number of imidazole rings is 1. The number of fused-ring (bicyclic) bond motifs is 1. The van der Waals surface area contributed by atoms with Gasteiger partial charge in [0.25, 0.3) is 5.91 Å². The van der Waals surface area contributed by atoms with E-state index in [1.165, 1.54) is 18.3 Å². The maximum absolute atomic E-state index is 13.4. The summed E-state index contributed by atoms with van der Waals surface area (Å²) >= 11 is 5.61. The molecule has 2 aromatic heterocycles. The normalized spacial score (nSPS) is 19.2. The maximum atomic E-state index is 13.4. The van der Waals surface area contributed by atoms with Crippen LogP contribution in [-0.2, 0) is 11.0 Å². The van der Waals surface area contributed by atoms with Gasteiger partial charge in [0.05, 0.1) is 22.3 Å². The van der Waals surface area contributed by atoms with Gasteiger partial charge in [-0.2, -0.15) is 13.2 Å². The minimum Gasteiger partial charge on any atom is -0.484 e. The molecule has 0 saturated carbocycles. The topological polar surface area (TPSA) is 67.7 Å². The Morgan fingerprint density at radius 1 is 1.28 bits per heavy atom. The summed E-state index contributed by atoms with van der Waals surface area (Å²) in [6.45, 7) is 0.197. The van der Waals surface area contributed by atoms with E-state index >= 15 is 0 Å². The number of pyridine rings is 1. The van der Waals surface area contributed by atoms with Crippen LogP contribution in [0, 0.1) is 5.82 Å². The fourth-order valence-electron chi connectivity index (χ4n) is 3.56. The van der Waals surface area contributed by atoms with Crippen molar-refractivity contribution in [2.45, 2.75) is 31.1 Å². The molecule has 6 nitrogen and oxygen atoms in total. The molecule has 2 N–H and O–H groups in total.